The lowest BCUT2D eigenvalue weighted by molar-refractivity contribution is -0.154. The zero-order chi connectivity index (χ0) is 18.3. The standard InChI is InChI=1S/C16H23ClN2O5.ClH/c1-16(9-20,15(22)24-3)8-19-14(21)12(18)7-10-4-5-13(23-2)11(17)6-10;/h4-6,12,20H,7-9,18H2,1-3H3,(H,19,21);1H. The van der Waals surface area contributed by atoms with Gasteiger partial charge in [-0.1, -0.05) is 17.7 Å². The molecule has 1 rings (SSSR count). The highest BCUT2D eigenvalue weighted by atomic mass is 35.5. The highest BCUT2D eigenvalue weighted by Crippen LogP contribution is 2.25. The zero-order valence-corrected chi connectivity index (χ0v) is 15.9. The second-order valence-corrected chi connectivity index (χ2v) is 6.11. The van der Waals surface area contributed by atoms with Crippen LogP contribution in [-0.2, 0) is 20.7 Å². The van der Waals surface area contributed by atoms with E-state index in [0.29, 0.717) is 10.8 Å². The predicted octanol–water partition coefficient (Wildman–Crippen LogP) is 0.928. The molecule has 7 nitrogen and oxygen atoms in total. The molecule has 0 saturated carbocycles. The van der Waals surface area contributed by atoms with Crippen LogP contribution < -0.4 is 15.8 Å². The molecule has 0 saturated heterocycles. The van der Waals surface area contributed by atoms with Gasteiger partial charge < -0.3 is 25.6 Å². The Hall–Kier alpha value is -1.54. The van der Waals surface area contributed by atoms with Gasteiger partial charge in [-0.05, 0) is 31.0 Å². The molecule has 2 atom stereocenters. The summed E-state index contributed by atoms with van der Waals surface area (Å²) in [6.07, 6.45) is 0.267. The highest BCUT2D eigenvalue weighted by molar-refractivity contribution is 6.32. The van der Waals surface area contributed by atoms with Crippen LogP contribution in [0.25, 0.3) is 0 Å². The Labute approximate surface area is 158 Å². The SMILES string of the molecule is COC(=O)C(C)(CO)CNC(=O)C(N)Cc1ccc(OC)c(Cl)c1.Cl. The van der Waals surface area contributed by atoms with Crippen molar-refractivity contribution in [2.45, 2.75) is 19.4 Å². The molecule has 2 unspecified atom stereocenters. The van der Waals surface area contributed by atoms with Gasteiger partial charge in [0.15, 0.2) is 0 Å². The van der Waals surface area contributed by atoms with Gasteiger partial charge in [0.05, 0.1) is 31.9 Å². The van der Waals surface area contributed by atoms with Gasteiger partial charge in [-0.25, -0.2) is 0 Å². The predicted molar refractivity (Wildman–Crippen MR) is 97.1 cm³/mol. The summed E-state index contributed by atoms with van der Waals surface area (Å²) in [5.74, 6) is -0.512. The Morgan fingerprint density at radius 1 is 1.40 bits per heavy atom. The first-order valence-corrected chi connectivity index (χ1v) is 7.70. The Morgan fingerprint density at radius 2 is 2.04 bits per heavy atom. The number of carbonyl (C=O) groups excluding carboxylic acids is 2. The lowest BCUT2D eigenvalue weighted by Gasteiger charge is -2.25. The fraction of sp³-hybridized carbons (Fsp3) is 0.500. The van der Waals surface area contributed by atoms with E-state index in [1.54, 1.807) is 18.2 Å². The summed E-state index contributed by atoms with van der Waals surface area (Å²) >= 11 is 6.04. The molecular weight excluding hydrogens is 371 g/mol. The minimum atomic E-state index is -1.21. The fourth-order valence-corrected chi connectivity index (χ4v) is 2.32. The second-order valence-electron chi connectivity index (χ2n) is 5.71. The fourth-order valence-electron chi connectivity index (χ4n) is 2.04. The van der Waals surface area contributed by atoms with E-state index >= 15 is 0 Å². The van der Waals surface area contributed by atoms with Gasteiger partial charge >= 0.3 is 5.97 Å². The average Bonchev–Trinajstić information content (AvgIpc) is 2.58. The number of benzene rings is 1. The second kappa shape index (κ2) is 10.5. The number of halogens is 2. The number of hydrogen-bond donors (Lipinski definition) is 3. The number of hydrogen-bond acceptors (Lipinski definition) is 6. The summed E-state index contributed by atoms with van der Waals surface area (Å²) in [6.45, 7) is 0.962. The summed E-state index contributed by atoms with van der Waals surface area (Å²) in [6, 6.07) is 4.32. The van der Waals surface area contributed by atoms with Crippen LogP contribution in [0.1, 0.15) is 12.5 Å². The Morgan fingerprint density at radius 3 is 2.52 bits per heavy atom. The lowest BCUT2D eigenvalue weighted by atomic mass is 9.91. The number of esters is 1. The van der Waals surface area contributed by atoms with E-state index in [9.17, 15) is 14.7 Å². The lowest BCUT2D eigenvalue weighted by Crippen LogP contribution is -2.49. The summed E-state index contributed by atoms with van der Waals surface area (Å²) in [7, 11) is 2.73. The zero-order valence-electron chi connectivity index (χ0n) is 14.4. The monoisotopic (exact) mass is 394 g/mol. The maximum absolute atomic E-state index is 12.1. The first kappa shape index (κ1) is 23.5. The van der Waals surface area contributed by atoms with Crippen LogP contribution in [0.4, 0.5) is 0 Å². The van der Waals surface area contributed by atoms with Crippen molar-refractivity contribution in [3.05, 3.63) is 28.8 Å². The first-order chi connectivity index (χ1) is 11.3. The van der Waals surface area contributed by atoms with Crippen molar-refractivity contribution in [2.24, 2.45) is 11.1 Å². The third-order valence-corrected chi connectivity index (χ3v) is 3.98. The van der Waals surface area contributed by atoms with Crippen molar-refractivity contribution < 1.29 is 24.2 Å². The maximum atomic E-state index is 12.1. The minimum absolute atomic E-state index is 0. The van der Waals surface area contributed by atoms with E-state index in [2.05, 4.69) is 10.1 Å². The topological polar surface area (TPSA) is 111 Å². The number of ether oxygens (including phenoxy) is 2. The molecule has 0 radical (unpaired) electrons. The van der Waals surface area contributed by atoms with Gasteiger partial charge in [0, 0.05) is 6.54 Å². The molecule has 4 N–H and O–H groups in total. The van der Waals surface area contributed by atoms with Crippen molar-refractivity contribution in [2.75, 3.05) is 27.4 Å². The van der Waals surface area contributed by atoms with E-state index in [4.69, 9.17) is 22.1 Å². The van der Waals surface area contributed by atoms with Crippen molar-refractivity contribution in [1.29, 1.82) is 0 Å². The molecular formula is C16H24Cl2N2O5. The maximum Gasteiger partial charge on any atom is 0.315 e. The molecule has 25 heavy (non-hydrogen) atoms. The molecule has 0 fully saturated rings. The van der Waals surface area contributed by atoms with E-state index < -0.39 is 29.9 Å². The number of amides is 1. The Balaban J connectivity index is 0.00000576. The van der Waals surface area contributed by atoms with E-state index in [-0.39, 0.29) is 25.4 Å². The van der Waals surface area contributed by atoms with Gasteiger partial charge in [0.2, 0.25) is 5.91 Å². The Bertz CT molecular complexity index is 600. The van der Waals surface area contributed by atoms with E-state index in [1.807, 2.05) is 0 Å². The molecule has 0 heterocycles. The molecule has 0 bridgehead atoms. The number of aliphatic hydroxyl groups is 1. The smallest absolute Gasteiger partial charge is 0.315 e. The first-order valence-electron chi connectivity index (χ1n) is 7.32. The van der Waals surface area contributed by atoms with Crippen LogP contribution in [0.15, 0.2) is 18.2 Å². The third-order valence-electron chi connectivity index (χ3n) is 3.69. The molecule has 0 spiro atoms. The third kappa shape index (κ3) is 6.36. The van der Waals surface area contributed by atoms with Crippen molar-refractivity contribution >= 4 is 35.9 Å². The molecule has 0 aliphatic heterocycles. The molecule has 0 aliphatic carbocycles. The number of rotatable bonds is 8. The van der Waals surface area contributed by atoms with Crippen LogP contribution in [-0.4, -0.2) is 50.4 Å². The van der Waals surface area contributed by atoms with Gasteiger partial charge in [-0.15, -0.1) is 12.4 Å². The Kier molecular flexibility index (Phi) is 9.81. The van der Waals surface area contributed by atoms with E-state index in [1.165, 1.54) is 21.1 Å². The number of aliphatic hydroxyl groups excluding tert-OH is 1. The van der Waals surface area contributed by atoms with Gasteiger partial charge in [-0.2, -0.15) is 0 Å². The van der Waals surface area contributed by atoms with Crippen molar-refractivity contribution in [3.8, 4) is 5.75 Å². The summed E-state index contributed by atoms with van der Waals surface area (Å²) in [5.41, 5.74) is 5.45. The quantitative estimate of drug-likeness (QED) is 0.565. The molecule has 9 heteroatoms. The molecule has 1 amide bonds. The van der Waals surface area contributed by atoms with Gasteiger partial charge in [-0.3, -0.25) is 9.59 Å². The van der Waals surface area contributed by atoms with Crippen LogP contribution in [0.5, 0.6) is 5.75 Å². The average molecular weight is 395 g/mol. The normalized spacial score (nSPS) is 13.8. The highest BCUT2D eigenvalue weighted by Gasteiger charge is 2.34. The number of nitrogens with one attached hydrogen (secondary N) is 1. The minimum Gasteiger partial charge on any atom is -0.495 e. The van der Waals surface area contributed by atoms with Crippen molar-refractivity contribution in [1.82, 2.24) is 5.32 Å². The van der Waals surface area contributed by atoms with Gasteiger partial charge in [0.25, 0.3) is 0 Å². The van der Waals surface area contributed by atoms with Gasteiger partial charge in [0.1, 0.15) is 11.2 Å². The molecule has 0 aromatic heterocycles. The molecule has 1 aromatic carbocycles. The number of carbonyl (C=O) groups is 2. The van der Waals surface area contributed by atoms with Crippen LogP contribution in [0, 0.1) is 5.41 Å². The van der Waals surface area contributed by atoms with Crippen LogP contribution in [0.3, 0.4) is 0 Å². The summed E-state index contributed by atoms with van der Waals surface area (Å²) < 4.78 is 9.69. The molecule has 1 aromatic rings. The van der Waals surface area contributed by atoms with Crippen LogP contribution >= 0.6 is 24.0 Å². The number of methoxy groups -OCH3 is 2. The van der Waals surface area contributed by atoms with E-state index in [0.717, 1.165) is 5.56 Å². The number of nitrogens with two attached hydrogens (primary N) is 1. The summed E-state index contributed by atoms with van der Waals surface area (Å²) in [5, 5.41) is 12.3. The molecule has 0 aliphatic rings. The molecule has 142 valence electrons. The largest absolute Gasteiger partial charge is 0.495 e. The van der Waals surface area contributed by atoms with Crippen molar-refractivity contribution in [3.63, 3.8) is 0 Å². The van der Waals surface area contributed by atoms with Crippen LogP contribution in [0.2, 0.25) is 5.02 Å². The summed E-state index contributed by atoms with van der Waals surface area (Å²) in [4.78, 5) is 23.7.